The summed E-state index contributed by atoms with van der Waals surface area (Å²) >= 11 is 0. The van der Waals surface area contributed by atoms with Gasteiger partial charge in [0, 0.05) is 25.1 Å². The highest BCUT2D eigenvalue weighted by atomic mass is 16.2. The predicted octanol–water partition coefficient (Wildman–Crippen LogP) is 3.87. The number of rotatable bonds is 6. The molecule has 1 N–H and O–H groups in total. The van der Waals surface area contributed by atoms with Gasteiger partial charge >= 0.3 is 0 Å². The average molecular weight is 364 g/mol. The maximum atomic E-state index is 13.2. The lowest BCUT2D eigenvalue weighted by molar-refractivity contribution is -0.131. The number of aryl methyl sites for hydroxylation is 1. The van der Waals surface area contributed by atoms with E-state index in [-0.39, 0.29) is 11.8 Å². The molecule has 0 unspecified atom stereocenters. The number of carbonyl (C=O) groups excluding carboxylic acids is 2. The normalized spacial score (nSPS) is 18.9. The lowest BCUT2D eigenvalue weighted by Gasteiger charge is -2.44. The van der Waals surface area contributed by atoms with Crippen molar-refractivity contribution < 1.29 is 9.59 Å². The molecule has 2 amide bonds. The number of carbonyl (C=O) groups is 2. The van der Waals surface area contributed by atoms with Gasteiger partial charge in [-0.1, -0.05) is 55.8 Å². The van der Waals surface area contributed by atoms with E-state index in [2.05, 4.69) is 12.2 Å². The average Bonchev–Trinajstić information content (AvgIpc) is 2.67. The first-order chi connectivity index (χ1) is 13.0. The summed E-state index contributed by atoms with van der Waals surface area (Å²) in [5, 5.41) is 3.07. The Labute approximate surface area is 161 Å². The van der Waals surface area contributed by atoms with Crippen LogP contribution in [-0.2, 0) is 17.8 Å². The molecule has 4 heteroatoms. The summed E-state index contributed by atoms with van der Waals surface area (Å²) in [4.78, 5) is 28.1. The molecule has 1 atom stereocenters. The van der Waals surface area contributed by atoms with E-state index in [1.54, 1.807) is 4.90 Å². The molecule has 0 bridgehead atoms. The van der Waals surface area contributed by atoms with Gasteiger partial charge in [0.15, 0.2) is 0 Å². The molecule has 0 saturated carbocycles. The van der Waals surface area contributed by atoms with E-state index >= 15 is 0 Å². The van der Waals surface area contributed by atoms with E-state index in [1.165, 1.54) is 0 Å². The molecule has 3 rings (SSSR count). The molecule has 1 aliphatic heterocycles. The molecule has 27 heavy (non-hydrogen) atoms. The quantitative estimate of drug-likeness (QED) is 0.846. The Morgan fingerprint density at radius 3 is 2.59 bits per heavy atom. The van der Waals surface area contributed by atoms with Gasteiger partial charge < -0.3 is 10.2 Å². The summed E-state index contributed by atoms with van der Waals surface area (Å²) in [6.45, 7) is 7.09. The Balaban J connectivity index is 1.86. The highest BCUT2D eigenvalue weighted by Gasteiger charge is 2.46. The fraction of sp³-hybridized carbons (Fsp3) is 0.391. The second kappa shape index (κ2) is 7.95. The second-order valence-electron chi connectivity index (χ2n) is 7.53. The number of amides is 2. The maximum Gasteiger partial charge on any atom is 0.255 e. The molecule has 2 aromatic carbocycles. The standard InChI is InChI=1S/C23H28N2O2/c1-4-5-14-25-21(26)20-13-9-8-11-18(20)15-23(25,3)22(27)24-16-19-12-7-6-10-17(19)2/h6-13H,4-5,14-16H2,1-3H3,(H,24,27)/t23-/m1/s1. The van der Waals surface area contributed by atoms with Gasteiger partial charge in [-0.2, -0.15) is 0 Å². The summed E-state index contributed by atoms with van der Waals surface area (Å²) in [5.74, 6) is -0.136. The van der Waals surface area contributed by atoms with Gasteiger partial charge in [-0.25, -0.2) is 0 Å². The molecule has 0 aromatic heterocycles. The summed E-state index contributed by atoms with van der Waals surface area (Å²) < 4.78 is 0. The van der Waals surface area contributed by atoms with Crippen molar-refractivity contribution in [1.82, 2.24) is 10.2 Å². The van der Waals surface area contributed by atoms with E-state index < -0.39 is 5.54 Å². The van der Waals surface area contributed by atoms with Gasteiger partial charge in [0.1, 0.15) is 5.54 Å². The number of unbranched alkanes of at least 4 members (excludes halogenated alkanes) is 1. The van der Waals surface area contributed by atoms with Crippen LogP contribution in [0.5, 0.6) is 0 Å². The third-order valence-corrected chi connectivity index (χ3v) is 5.55. The van der Waals surface area contributed by atoms with Crippen molar-refractivity contribution in [3.8, 4) is 0 Å². The van der Waals surface area contributed by atoms with Crippen LogP contribution >= 0.6 is 0 Å². The highest BCUT2D eigenvalue weighted by Crippen LogP contribution is 2.31. The third kappa shape index (κ3) is 3.75. The Kier molecular flexibility index (Phi) is 5.64. The number of nitrogens with zero attached hydrogens (tertiary/aromatic N) is 1. The van der Waals surface area contributed by atoms with Gasteiger partial charge in [0.25, 0.3) is 5.91 Å². The van der Waals surface area contributed by atoms with Crippen LogP contribution < -0.4 is 5.32 Å². The highest BCUT2D eigenvalue weighted by molar-refractivity contribution is 6.02. The zero-order chi connectivity index (χ0) is 19.4. The van der Waals surface area contributed by atoms with Crippen LogP contribution in [0, 0.1) is 6.92 Å². The van der Waals surface area contributed by atoms with Crippen molar-refractivity contribution >= 4 is 11.8 Å². The number of hydrogen-bond acceptors (Lipinski definition) is 2. The maximum absolute atomic E-state index is 13.2. The molecule has 0 aliphatic carbocycles. The second-order valence-corrected chi connectivity index (χ2v) is 7.53. The van der Waals surface area contributed by atoms with Crippen molar-refractivity contribution in [2.24, 2.45) is 0 Å². The Bertz CT molecular complexity index is 846. The molecular formula is C23H28N2O2. The molecule has 0 saturated heterocycles. The van der Waals surface area contributed by atoms with Crippen LogP contribution in [0.2, 0.25) is 0 Å². The van der Waals surface area contributed by atoms with Crippen LogP contribution in [0.4, 0.5) is 0 Å². The minimum atomic E-state index is -0.872. The van der Waals surface area contributed by atoms with Crippen molar-refractivity contribution in [2.45, 2.75) is 52.1 Å². The van der Waals surface area contributed by atoms with Crippen molar-refractivity contribution in [3.05, 3.63) is 70.8 Å². The largest absolute Gasteiger partial charge is 0.350 e. The van der Waals surface area contributed by atoms with Gasteiger partial charge in [-0.05, 0) is 43.0 Å². The van der Waals surface area contributed by atoms with Gasteiger partial charge in [-0.15, -0.1) is 0 Å². The summed E-state index contributed by atoms with van der Waals surface area (Å²) in [6.07, 6.45) is 2.40. The fourth-order valence-electron chi connectivity index (χ4n) is 3.76. The van der Waals surface area contributed by atoms with Crippen molar-refractivity contribution in [3.63, 3.8) is 0 Å². The Morgan fingerprint density at radius 1 is 1.15 bits per heavy atom. The predicted molar refractivity (Wildman–Crippen MR) is 108 cm³/mol. The fourth-order valence-corrected chi connectivity index (χ4v) is 3.76. The topological polar surface area (TPSA) is 49.4 Å². The Hall–Kier alpha value is -2.62. The van der Waals surface area contributed by atoms with Crippen molar-refractivity contribution in [1.29, 1.82) is 0 Å². The van der Waals surface area contributed by atoms with Crippen LogP contribution in [0.1, 0.15) is 53.7 Å². The molecule has 0 spiro atoms. The van der Waals surface area contributed by atoms with Crippen molar-refractivity contribution in [2.75, 3.05) is 6.54 Å². The molecule has 0 fully saturated rings. The van der Waals surface area contributed by atoms with E-state index in [9.17, 15) is 9.59 Å². The lowest BCUT2D eigenvalue weighted by atomic mass is 9.82. The van der Waals surface area contributed by atoms with Gasteiger partial charge in [0.2, 0.25) is 5.91 Å². The summed E-state index contributed by atoms with van der Waals surface area (Å²) in [5.41, 5.74) is 3.04. The molecule has 1 aliphatic rings. The summed E-state index contributed by atoms with van der Waals surface area (Å²) in [6, 6.07) is 15.7. The van der Waals surface area contributed by atoms with E-state index in [4.69, 9.17) is 0 Å². The number of nitrogens with one attached hydrogen (secondary N) is 1. The third-order valence-electron chi connectivity index (χ3n) is 5.55. The molecule has 2 aromatic rings. The molecule has 0 radical (unpaired) electrons. The van der Waals surface area contributed by atoms with Crippen LogP contribution in [0.3, 0.4) is 0 Å². The number of benzene rings is 2. The zero-order valence-corrected chi connectivity index (χ0v) is 16.4. The molecular weight excluding hydrogens is 336 g/mol. The number of fused-ring (bicyclic) bond motifs is 1. The first-order valence-corrected chi connectivity index (χ1v) is 9.70. The SMILES string of the molecule is CCCCN1C(=O)c2ccccc2C[C@]1(C)C(=O)NCc1ccccc1C. The molecule has 142 valence electrons. The summed E-state index contributed by atoms with van der Waals surface area (Å²) in [7, 11) is 0. The van der Waals surface area contributed by atoms with E-state index in [1.807, 2.05) is 62.4 Å². The van der Waals surface area contributed by atoms with E-state index in [0.29, 0.717) is 19.5 Å². The van der Waals surface area contributed by atoms with Crippen LogP contribution in [0.25, 0.3) is 0 Å². The van der Waals surface area contributed by atoms with E-state index in [0.717, 1.165) is 35.1 Å². The van der Waals surface area contributed by atoms with Gasteiger partial charge in [0.05, 0.1) is 0 Å². The Morgan fingerprint density at radius 2 is 1.85 bits per heavy atom. The first kappa shape index (κ1) is 19.2. The van der Waals surface area contributed by atoms with Gasteiger partial charge in [-0.3, -0.25) is 9.59 Å². The zero-order valence-electron chi connectivity index (χ0n) is 16.4. The number of hydrogen-bond donors (Lipinski definition) is 1. The monoisotopic (exact) mass is 364 g/mol. The lowest BCUT2D eigenvalue weighted by Crippen LogP contribution is -2.62. The first-order valence-electron chi connectivity index (χ1n) is 9.70. The van der Waals surface area contributed by atoms with Crippen LogP contribution in [-0.4, -0.2) is 28.8 Å². The smallest absolute Gasteiger partial charge is 0.255 e. The van der Waals surface area contributed by atoms with Crippen LogP contribution in [0.15, 0.2) is 48.5 Å². The minimum Gasteiger partial charge on any atom is -0.350 e. The molecule has 4 nitrogen and oxygen atoms in total. The minimum absolute atomic E-state index is 0.0427. The molecule has 1 heterocycles.